The highest BCUT2D eigenvalue weighted by molar-refractivity contribution is 5.98. The summed E-state index contributed by atoms with van der Waals surface area (Å²) in [6, 6.07) is 4.88. The molecule has 4 nitrogen and oxygen atoms in total. The lowest BCUT2D eigenvalue weighted by Crippen LogP contribution is -2.30. The van der Waals surface area contributed by atoms with E-state index in [-0.39, 0.29) is 11.8 Å². The zero-order valence-electron chi connectivity index (χ0n) is 13.8. The molecule has 2 rings (SSSR count). The fourth-order valence-electron chi connectivity index (χ4n) is 2.77. The lowest BCUT2D eigenvalue weighted by Gasteiger charge is -2.14. The van der Waals surface area contributed by atoms with Crippen molar-refractivity contribution in [3.63, 3.8) is 0 Å². The van der Waals surface area contributed by atoms with Crippen molar-refractivity contribution in [1.29, 1.82) is 0 Å². The van der Waals surface area contributed by atoms with Crippen molar-refractivity contribution in [2.24, 2.45) is 13.0 Å². The number of aliphatic hydroxyl groups excluding tert-OH is 1. The van der Waals surface area contributed by atoms with Crippen LogP contribution in [0.2, 0.25) is 0 Å². The number of alkyl halides is 3. The molecule has 2 atom stereocenters. The van der Waals surface area contributed by atoms with Crippen molar-refractivity contribution in [3.05, 3.63) is 35.5 Å². The molecule has 2 unspecified atom stereocenters. The van der Waals surface area contributed by atoms with Gasteiger partial charge in [-0.05, 0) is 43.5 Å². The number of rotatable bonds is 5. The Hall–Kier alpha value is -2.02. The molecule has 0 aliphatic carbocycles. The Morgan fingerprint density at radius 1 is 1.29 bits per heavy atom. The summed E-state index contributed by atoms with van der Waals surface area (Å²) >= 11 is 0. The van der Waals surface area contributed by atoms with E-state index in [0.29, 0.717) is 29.6 Å². The smallest absolute Gasteiger partial charge is 0.393 e. The summed E-state index contributed by atoms with van der Waals surface area (Å²) in [4.78, 5) is 12.3. The van der Waals surface area contributed by atoms with Crippen molar-refractivity contribution < 1.29 is 23.1 Å². The number of fused-ring (bicyclic) bond motifs is 1. The standard InChI is InChI=1S/C17H21F3N2O2/c1-10(6-11(2)23)9-21-16(24)15-8-12-7-13(17(18,19)20)4-5-14(12)22(15)3/h4-5,7-8,10-11,23H,6,9H2,1-3H3,(H,21,24). The number of hydrogen-bond acceptors (Lipinski definition) is 2. The Balaban J connectivity index is 2.20. The first-order valence-corrected chi connectivity index (χ1v) is 7.72. The van der Waals surface area contributed by atoms with Gasteiger partial charge in [0.2, 0.25) is 0 Å². The summed E-state index contributed by atoms with van der Waals surface area (Å²) in [5, 5.41) is 12.5. The van der Waals surface area contributed by atoms with Crippen molar-refractivity contribution in [3.8, 4) is 0 Å². The second kappa shape index (κ2) is 6.84. The Morgan fingerprint density at radius 2 is 1.96 bits per heavy atom. The van der Waals surface area contributed by atoms with E-state index in [4.69, 9.17) is 0 Å². The zero-order valence-corrected chi connectivity index (χ0v) is 13.8. The fraction of sp³-hybridized carbons (Fsp3) is 0.471. The zero-order chi connectivity index (χ0) is 18.1. The summed E-state index contributed by atoms with van der Waals surface area (Å²) in [5.41, 5.74) is 0.122. The van der Waals surface area contributed by atoms with Crippen LogP contribution < -0.4 is 5.32 Å². The van der Waals surface area contributed by atoms with Crippen molar-refractivity contribution in [1.82, 2.24) is 9.88 Å². The molecular formula is C17H21F3N2O2. The van der Waals surface area contributed by atoms with Crippen LogP contribution in [0.25, 0.3) is 10.9 Å². The SMILES string of the molecule is CC(O)CC(C)CNC(=O)c1cc2cc(C(F)(F)F)ccc2n1C. The minimum Gasteiger partial charge on any atom is -0.393 e. The van der Waals surface area contributed by atoms with E-state index in [1.165, 1.54) is 12.1 Å². The molecule has 0 aliphatic heterocycles. The molecule has 24 heavy (non-hydrogen) atoms. The molecule has 2 aromatic rings. The number of nitrogens with one attached hydrogen (secondary N) is 1. The third-order valence-electron chi connectivity index (χ3n) is 3.96. The predicted molar refractivity (Wildman–Crippen MR) is 85.7 cm³/mol. The molecule has 1 heterocycles. The first-order chi connectivity index (χ1) is 11.1. The number of carbonyl (C=O) groups is 1. The molecule has 0 saturated heterocycles. The second-order valence-electron chi connectivity index (χ2n) is 6.26. The summed E-state index contributed by atoms with van der Waals surface area (Å²) in [7, 11) is 1.64. The van der Waals surface area contributed by atoms with Gasteiger partial charge in [-0.25, -0.2) is 0 Å². The van der Waals surface area contributed by atoms with Crippen LogP contribution >= 0.6 is 0 Å². The van der Waals surface area contributed by atoms with Crippen LogP contribution in [0.15, 0.2) is 24.3 Å². The van der Waals surface area contributed by atoms with E-state index in [1.807, 2.05) is 6.92 Å². The normalized spacial score (nSPS) is 14.6. The quantitative estimate of drug-likeness (QED) is 0.876. The summed E-state index contributed by atoms with van der Waals surface area (Å²) in [6.45, 7) is 3.98. The molecule has 1 aromatic carbocycles. The molecular weight excluding hydrogens is 321 g/mol. The first kappa shape index (κ1) is 18.3. The number of nitrogens with zero attached hydrogens (tertiary/aromatic N) is 1. The monoisotopic (exact) mass is 342 g/mol. The second-order valence-corrected chi connectivity index (χ2v) is 6.26. The van der Waals surface area contributed by atoms with Crippen LogP contribution in [0, 0.1) is 5.92 Å². The maximum absolute atomic E-state index is 12.8. The fourth-order valence-corrected chi connectivity index (χ4v) is 2.77. The molecule has 1 amide bonds. The van der Waals surface area contributed by atoms with Gasteiger partial charge >= 0.3 is 6.18 Å². The van der Waals surface area contributed by atoms with Gasteiger partial charge in [0, 0.05) is 24.5 Å². The molecule has 132 valence electrons. The number of aliphatic hydroxyl groups is 1. The van der Waals surface area contributed by atoms with Crippen LogP contribution in [0.4, 0.5) is 13.2 Å². The first-order valence-electron chi connectivity index (χ1n) is 7.72. The third-order valence-corrected chi connectivity index (χ3v) is 3.96. The van der Waals surface area contributed by atoms with E-state index in [1.54, 1.807) is 18.5 Å². The Labute approximate surface area is 138 Å². The molecule has 7 heteroatoms. The summed E-state index contributed by atoms with van der Waals surface area (Å²) in [5.74, 6) is -0.250. The van der Waals surface area contributed by atoms with Crippen molar-refractivity contribution in [2.45, 2.75) is 32.5 Å². The van der Waals surface area contributed by atoms with Crippen LogP contribution in [-0.2, 0) is 13.2 Å². The number of amides is 1. The number of halogens is 3. The highest BCUT2D eigenvalue weighted by Crippen LogP contribution is 2.32. The number of carbonyl (C=O) groups excluding carboxylic acids is 1. The van der Waals surface area contributed by atoms with E-state index in [2.05, 4.69) is 5.32 Å². The molecule has 2 N–H and O–H groups in total. The summed E-state index contributed by atoms with van der Waals surface area (Å²) in [6.07, 6.45) is -4.30. The highest BCUT2D eigenvalue weighted by Gasteiger charge is 2.30. The van der Waals surface area contributed by atoms with Gasteiger partial charge in [0.25, 0.3) is 5.91 Å². The minimum absolute atomic E-state index is 0.0977. The van der Waals surface area contributed by atoms with Gasteiger partial charge in [0.15, 0.2) is 0 Å². The van der Waals surface area contributed by atoms with Crippen molar-refractivity contribution in [2.75, 3.05) is 6.54 Å². The number of hydrogen-bond donors (Lipinski definition) is 2. The molecule has 0 spiro atoms. The Bertz CT molecular complexity index is 735. The van der Waals surface area contributed by atoms with Gasteiger partial charge < -0.3 is 15.0 Å². The van der Waals surface area contributed by atoms with E-state index < -0.39 is 17.8 Å². The maximum Gasteiger partial charge on any atom is 0.416 e. The van der Waals surface area contributed by atoms with Gasteiger partial charge in [-0.15, -0.1) is 0 Å². The maximum atomic E-state index is 12.8. The Morgan fingerprint density at radius 3 is 2.54 bits per heavy atom. The number of aryl methyl sites for hydroxylation is 1. The predicted octanol–water partition coefficient (Wildman–Crippen LogP) is 3.33. The average molecular weight is 342 g/mol. The van der Waals surface area contributed by atoms with E-state index in [9.17, 15) is 23.1 Å². The van der Waals surface area contributed by atoms with Crippen LogP contribution in [0.3, 0.4) is 0 Å². The van der Waals surface area contributed by atoms with Gasteiger partial charge in [-0.3, -0.25) is 4.79 Å². The van der Waals surface area contributed by atoms with Crippen LogP contribution in [-0.4, -0.2) is 28.2 Å². The molecule has 0 saturated carbocycles. The van der Waals surface area contributed by atoms with Gasteiger partial charge in [-0.1, -0.05) is 6.92 Å². The average Bonchev–Trinajstić information content (AvgIpc) is 2.80. The van der Waals surface area contributed by atoms with Gasteiger partial charge in [-0.2, -0.15) is 13.2 Å². The van der Waals surface area contributed by atoms with Crippen molar-refractivity contribution >= 4 is 16.8 Å². The lowest BCUT2D eigenvalue weighted by molar-refractivity contribution is -0.137. The molecule has 0 fully saturated rings. The van der Waals surface area contributed by atoms with Gasteiger partial charge in [0.05, 0.1) is 11.7 Å². The van der Waals surface area contributed by atoms with E-state index >= 15 is 0 Å². The molecule has 0 aliphatic rings. The molecule has 0 radical (unpaired) electrons. The third kappa shape index (κ3) is 4.08. The van der Waals surface area contributed by atoms with Crippen LogP contribution in [0.5, 0.6) is 0 Å². The Kier molecular flexibility index (Phi) is 5.22. The number of benzene rings is 1. The van der Waals surface area contributed by atoms with E-state index in [0.717, 1.165) is 12.1 Å². The lowest BCUT2D eigenvalue weighted by atomic mass is 10.0. The topological polar surface area (TPSA) is 54.3 Å². The molecule has 1 aromatic heterocycles. The summed E-state index contributed by atoms with van der Waals surface area (Å²) < 4.78 is 39.9. The van der Waals surface area contributed by atoms with Crippen LogP contribution in [0.1, 0.15) is 36.3 Å². The highest BCUT2D eigenvalue weighted by atomic mass is 19.4. The largest absolute Gasteiger partial charge is 0.416 e. The molecule has 0 bridgehead atoms. The minimum atomic E-state index is -4.41. The number of aromatic nitrogens is 1. The van der Waals surface area contributed by atoms with Gasteiger partial charge in [0.1, 0.15) is 5.69 Å².